The minimum absolute atomic E-state index is 0.0965. The Morgan fingerprint density at radius 1 is 1.31 bits per heavy atom. The zero-order valence-corrected chi connectivity index (χ0v) is 15.5. The highest BCUT2D eigenvalue weighted by Gasteiger charge is 2.45. The molecule has 0 amide bonds. The number of aliphatic hydroxyl groups is 1. The van der Waals surface area contributed by atoms with Crippen LogP contribution in [-0.4, -0.2) is 27.1 Å². The second kappa shape index (κ2) is 5.99. The summed E-state index contributed by atoms with van der Waals surface area (Å²) in [6, 6.07) is 8.64. The summed E-state index contributed by atoms with van der Waals surface area (Å²) in [7, 11) is 0. The maximum atomic E-state index is 13.1. The Bertz CT molecular complexity index is 1280. The van der Waals surface area contributed by atoms with Crippen molar-refractivity contribution in [3.05, 3.63) is 57.4 Å². The molecule has 3 aromatic rings. The molecule has 1 atom stereocenters. The SMILES string of the molecule is CC[C@@]1(O)C(=O)OCc2c1cc1n(c2=O)Cc2cc3cc(OC=O)ccc3nc2-1. The van der Waals surface area contributed by atoms with Gasteiger partial charge >= 0.3 is 5.97 Å². The first kappa shape index (κ1) is 17.6. The molecule has 2 aliphatic heterocycles. The van der Waals surface area contributed by atoms with Crippen molar-refractivity contribution in [1.29, 1.82) is 0 Å². The molecule has 0 unspecified atom stereocenters. The molecule has 0 saturated heterocycles. The van der Waals surface area contributed by atoms with Crippen molar-refractivity contribution in [1.82, 2.24) is 9.55 Å². The highest BCUT2D eigenvalue weighted by atomic mass is 16.6. The molecule has 0 bridgehead atoms. The normalized spacial score (nSPS) is 19.3. The number of hydrogen-bond donors (Lipinski definition) is 1. The van der Waals surface area contributed by atoms with Crippen molar-refractivity contribution < 1.29 is 24.2 Å². The van der Waals surface area contributed by atoms with Crippen molar-refractivity contribution in [3.8, 4) is 17.1 Å². The number of fused-ring (bicyclic) bond motifs is 5. The third kappa shape index (κ3) is 2.35. The van der Waals surface area contributed by atoms with Crippen LogP contribution in [0.4, 0.5) is 0 Å². The molecule has 2 aromatic heterocycles. The average Bonchev–Trinajstić information content (AvgIpc) is 3.07. The smallest absolute Gasteiger partial charge is 0.343 e. The van der Waals surface area contributed by atoms with E-state index in [0.717, 1.165) is 10.9 Å². The van der Waals surface area contributed by atoms with E-state index in [1.54, 1.807) is 35.8 Å². The molecule has 0 aliphatic carbocycles. The van der Waals surface area contributed by atoms with Gasteiger partial charge in [0, 0.05) is 16.5 Å². The maximum Gasteiger partial charge on any atom is 0.343 e. The fourth-order valence-electron chi connectivity index (χ4n) is 4.09. The Morgan fingerprint density at radius 3 is 2.90 bits per heavy atom. The number of benzene rings is 1. The predicted octanol–water partition coefficient (Wildman–Crippen LogP) is 1.61. The Hall–Kier alpha value is -3.52. The van der Waals surface area contributed by atoms with Gasteiger partial charge < -0.3 is 19.1 Å². The molecule has 5 rings (SSSR count). The van der Waals surface area contributed by atoms with E-state index in [-0.39, 0.29) is 29.7 Å². The standard InChI is InChI=1S/C21H16N2O6/c1-2-21(27)15-7-17-18-12(8-23(17)19(25)14(15)9-28-20(21)26)5-11-6-13(29-10-24)3-4-16(11)22-18/h3-7,10,27H,2,8-9H2,1H3/t21-/m0/s1. The van der Waals surface area contributed by atoms with Crippen molar-refractivity contribution in [3.63, 3.8) is 0 Å². The van der Waals surface area contributed by atoms with Gasteiger partial charge in [-0.15, -0.1) is 0 Å². The first-order chi connectivity index (χ1) is 14.0. The molecule has 1 N–H and O–H groups in total. The molecule has 146 valence electrons. The topological polar surface area (TPSA) is 108 Å². The molecule has 0 spiro atoms. The van der Waals surface area contributed by atoms with Gasteiger partial charge in [-0.3, -0.25) is 9.59 Å². The summed E-state index contributed by atoms with van der Waals surface area (Å²) in [5.74, 6) is -0.342. The summed E-state index contributed by atoms with van der Waals surface area (Å²) in [5, 5.41) is 11.6. The second-order valence-electron chi connectivity index (χ2n) is 7.17. The number of carbonyl (C=O) groups is 2. The predicted molar refractivity (Wildman–Crippen MR) is 101 cm³/mol. The van der Waals surface area contributed by atoms with Crippen molar-refractivity contribution in [2.24, 2.45) is 0 Å². The second-order valence-corrected chi connectivity index (χ2v) is 7.17. The monoisotopic (exact) mass is 392 g/mol. The molecule has 8 heteroatoms. The zero-order valence-electron chi connectivity index (χ0n) is 15.5. The summed E-state index contributed by atoms with van der Waals surface area (Å²) in [4.78, 5) is 40.5. The lowest BCUT2D eigenvalue weighted by atomic mass is 9.86. The fraction of sp³-hybridized carbons (Fsp3) is 0.238. The highest BCUT2D eigenvalue weighted by Crippen LogP contribution is 2.38. The minimum Gasteiger partial charge on any atom is -0.458 e. The molecule has 2 aliphatic rings. The van der Waals surface area contributed by atoms with Crippen molar-refractivity contribution >= 4 is 23.3 Å². The van der Waals surface area contributed by atoms with E-state index >= 15 is 0 Å². The molecular weight excluding hydrogens is 376 g/mol. The number of esters is 1. The quantitative estimate of drug-likeness (QED) is 0.417. The Labute approximate surface area is 164 Å². The maximum absolute atomic E-state index is 13.1. The van der Waals surface area contributed by atoms with Crippen LogP contribution in [0.3, 0.4) is 0 Å². The number of aromatic nitrogens is 2. The van der Waals surface area contributed by atoms with E-state index < -0.39 is 11.6 Å². The Morgan fingerprint density at radius 2 is 2.14 bits per heavy atom. The van der Waals surface area contributed by atoms with Crippen LogP contribution in [0.5, 0.6) is 5.75 Å². The molecule has 8 nitrogen and oxygen atoms in total. The molecule has 4 heterocycles. The van der Waals surface area contributed by atoms with E-state index in [1.165, 1.54) is 0 Å². The minimum atomic E-state index is -1.84. The molecule has 0 saturated carbocycles. The van der Waals surface area contributed by atoms with Gasteiger partial charge in [0.15, 0.2) is 5.60 Å². The lowest BCUT2D eigenvalue weighted by Crippen LogP contribution is -2.44. The van der Waals surface area contributed by atoms with Crippen LogP contribution in [0.1, 0.15) is 30.0 Å². The van der Waals surface area contributed by atoms with Crippen molar-refractivity contribution in [2.45, 2.75) is 32.1 Å². The van der Waals surface area contributed by atoms with Gasteiger partial charge in [-0.1, -0.05) is 6.92 Å². The summed E-state index contributed by atoms with van der Waals surface area (Å²) in [6.45, 7) is 2.19. The number of ether oxygens (including phenoxy) is 2. The van der Waals surface area contributed by atoms with E-state index in [9.17, 15) is 19.5 Å². The molecule has 0 fully saturated rings. The van der Waals surface area contributed by atoms with E-state index in [2.05, 4.69) is 4.98 Å². The van der Waals surface area contributed by atoms with Gasteiger partial charge in [-0.25, -0.2) is 9.78 Å². The number of hydrogen-bond acceptors (Lipinski definition) is 7. The number of nitrogens with zero attached hydrogens (tertiary/aromatic N) is 2. The summed E-state index contributed by atoms with van der Waals surface area (Å²) < 4.78 is 11.5. The van der Waals surface area contributed by atoms with Crippen LogP contribution in [0, 0.1) is 0 Å². The molecule has 1 aromatic carbocycles. The average molecular weight is 392 g/mol. The largest absolute Gasteiger partial charge is 0.458 e. The summed E-state index contributed by atoms with van der Waals surface area (Å²) in [6.07, 6.45) is 0.0965. The molecular formula is C21H16N2O6. The number of pyridine rings is 2. The van der Waals surface area contributed by atoms with Crippen LogP contribution in [0.25, 0.3) is 22.3 Å². The van der Waals surface area contributed by atoms with Crippen LogP contribution in [-0.2, 0) is 33.1 Å². The van der Waals surface area contributed by atoms with Crippen molar-refractivity contribution in [2.75, 3.05) is 0 Å². The zero-order chi connectivity index (χ0) is 20.3. The molecule has 0 radical (unpaired) electrons. The summed E-state index contributed by atoms with van der Waals surface area (Å²) >= 11 is 0. The van der Waals surface area contributed by atoms with Crippen LogP contribution < -0.4 is 10.3 Å². The van der Waals surface area contributed by atoms with Gasteiger partial charge in [0.25, 0.3) is 12.0 Å². The Balaban J connectivity index is 1.73. The van der Waals surface area contributed by atoms with Crippen LogP contribution in [0.15, 0.2) is 35.1 Å². The first-order valence-corrected chi connectivity index (χ1v) is 9.17. The van der Waals surface area contributed by atoms with Gasteiger partial charge in [-0.05, 0) is 36.8 Å². The lowest BCUT2D eigenvalue weighted by Gasteiger charge is -2.31. The fourth-order valence-corrected chi connectivity index (χ4v) is 4.09. The van der Waals surface area contributed by atoms with E-state index in [4.69, 9.17) is 9.47 Å². The van der Waals surface area contributed by atoms with Crippen LogP contribution >= 0.6 is 0 Å². The van der Waals surface area contributed by atoms with Gasteiger partial charge in [-0.2, -0.15) is 0 Å². The van der Waals surface area contributed by atoms with Gasteiger partial charge in [0.2, 0.25) is 0 Å². The summed E-state index contributed by atoms with van der Waals surface area (Å²) in [5.41, 5.74) is 1.11. The number of cyclic esters (lactones) is 1. The third-order valence-corrected chi connectivity index (χ3v) is 5.66. The van der Waals surface area contributed by atoms with E-state index in [1.807, 2.05) is 6.07 Å². The first-order valence-electron chi connectivity index (χ1n) is 9.17. The van der Waals surface area contributed by atoms with Gasteiger partial charge in [0.05, 0.1) is 29.0 Å². The highest BCUT2D eigenvalue weighted by molar-refractivity contribution is 5.87. The molecule has 29 heavy (non-hydrogen) atoms. The Kier molecular flexibility index (Phi) is 3.63. The number of carbonyl (C=O) groups excluding carboxylic acids is 2. The van der Waals surface area contributed by atoms with E-state index in [0.29, 0.717) is 35.7 Å². The third-order valence-electron chi connectivity index (χ3n) is 5.66. The van der Waals surface area contributed by atoms with Crippen LogP contribution in [0.2, 0.25) is 0 Å². The lowest BCUT2D eigenvalue weighted by molar-refractivity contribution is -0.172. The number of rotatable bonds is 3. The van der Waals surface area contributed by atoms with Gasteiger partial charge in [0.1, 0.15) is 12.4 Å².